The molecule has 1 heterocycles. The number of nitrogens with two attached hydrogens (primary N) is 1. The van der Waals surface area contributed by atoms with Crippen LogP contribution in [0.15, 0.2) is 16.5 Å². The van der Waals surface area contributed by atoms with Gasteiger partial charge < -0.3 is 15.1 Å². The summed E-state index contributed by atoms with van der Waals surface area (Å²) >= 11 is 0. The lowest BCUT2D eigenvalue weighted by Crippen LogP contribution is -2.34. The minimum Gasteiger partial charge on any atom is -0.466 e. The van der Waals surface area contributed by atoms with Gasteiger partial charge in [0, 0.05) is 13.6 Å². The van der Waals surface area contributed by atoms with E-state index in [1.165, 1.54) is 0 Å². The molecule has 1 atom stereocenters. The van der Waals surface area contributed by atoms with Gasteiger partial charge in [-0.25, -0.2) is 0 Å². The van der Waals surface area contributed by atoms with Crippen LogP contribution in [0.5, 0.6) is 0 Å². The lowest BCUT2D eigenvalue weighted by molar-refractivity contribution is -0.129. The van der Waals surface area contributed by atoms with E-state index in [0.717, 1.165) is 11.5 Å². The quantitative estimate of drug-likeness (QED) is 0.817. The van der Waals surface area contributed by atoms with Gasteiger partial charge in [-0.15, -0.1) is 0 Å². The predicted octanol–water partition coefficient (Wildman–Crippen LogP) is 1.18. The van der Waals surface area contributed by atoms with Crippen LogP contribution in [-0.2, 0) is 11.2 Å². The van der Waals surface area contributed by atoms with Crippen LogP contribution in [-0.4, -0.2) is 30.9 Å². The highest BCUT2D eigenvalue weighted by atomic mass is 16.3. The molecule has 4 nitrogen and oxygen atoms in total. The second kappa shape index (κ2) is 5.70. The highest BCUT2D eigenvalue weighted by Crippen LogP contribution is 2.08. The molecule has 0 saturated carbocycles. The first kappa shape index (κ1) is 12.8. The van der Waals surface area contributed by atoms with Gasteiger partial charge in [0.15, 0.2) is 0 Å². The Bertz CT molecular complexity index is 347. The molecular weight excluding hydrogens is 204 g/mol. The Kier molecular flexibility index (Phi) is 4.55. The molecule has 90 valence electrons. The Morgan fingerprint density at radius 3 is 2.75 bits per heavy atom. The van der Waals surface area contributed by atoms with Crippen molar-refractivity contribution in [3.8, 4) is 0 Å². The molecule has 0 bridgehead atoms. The topological polar surface area (TPSA) is 59.5 Å². The molecule has 0 fully saturated rings. The molecule has 0 saturated heterocycles. The molecule has 0 aromatic carbocycles. The van der Waals surface area contributed by atoms with Crippen molar-refractivity contribution in [2.45, 2.75) is 20.3 Å². The van der Waals surface area contributed by atoms with Gasteiger partial charge in [-0.2, -0.15) is 0 Å². The van der Waals surface area contributed by atoms with Crippen molar-refractivity contribution in [2.75, 3.05) is 20.1 Å². The summed E-state index contributed by atoms with van der Waals surface area (Å²) < 4.78 is 5.36. The molecular formula is C12H20N2O2. The summed E-state index contributed by atoms with van der Waals surface area (Å²) in [7, 11) is 1.80. The molecule has 1 amide bonds. The molecule has 0 aliphatic carbocycles. The summed E-state index contributed by atoms with van der Waals surface area (Å²) in [5, 5.41) is 0. The van der Waals surface area contributed by atoms with Gasteiger partial charge >= 0.3 is 0 Å². The Morgan fingerprint density at radius 1 is 1.56 bits per heavy atom. The molecule has 0 radical (unpaired) electrons. The Hall–Kier alpha value is -1.29. The lowest BCUT2D eigenvalue weighted by atomic mass is 10.1. The van der Waals surface area contributed by atoms with E-state index in [9.17, 15) is 4.79 Å². The lowest BCUT2D eigenvalue weighted by Gasteiger charge is -2.20. The number of rotatable bonds is 5. The standard InChI is InChI=1S/C12H20N2O2/c1-9(7-13)8-14(3)12(15)6-11-5-4-10(2)16-11/h4-5,9H,6-8,13H2,1-3H3. The summed E-state index contributed by atoms with van der Waals surface area (Å²) in [6.07, 6.45) is 0.321. The first-order valence-corrected chi connectivity index (χ1v) is 5.52. The van der Waals surface area contributed by atoms with Crippen molar-refractivity contribution < 1.29 is 9.21 Å². The number of hydrogen-bond acceptors (Lipinski definition) is 3. The largest absolute Gasteiger partial charge is 0.466 e. The summed E-state index contributed by atoms with van der Waals surface area (Å²) in [5.41, 5.74) is 5.52. The van der Waals surface area contributed by atoms with E-state index in [1.54, 1.807) is 11.9 Å². The van der Waals surface area contributed by atoms with Crippen LogP contribution in [0.2, 0.25) is 0 Å². The Labute approximate surface area is 96.4 Å². The molecule has 0 aliphatic heterocycles. The number of amides is 1. The molecule has 0 spiro atoms. The fraction of sp³-hybridized carbons (Fsp3) is 0.583. The van der Waals surface area contributed by atoms with Crippen LogP contribution in [0.1, 0.15) is 18.4 Å². The van der Waals surface area contributed by atoms with Crippen LogP contribution in [0.4, 0.5) is 0 Å². The van der Waals surface area contributed by atoms with Crippen LogP contribution in [0.3, 0.4) is 0 Å². The normalized spacial score (nSPS) is 12.5. The summed E-state index contributed by atoms with van der Waals surface area (Å²) in [6, 6.07) is 3.71. The van der Waals surface area contributed by atoms with Gasteiger partial charge in [-0.1, -0.05) is 6.92 Å². The number of furan rings is 1. The van der Waals surface area contributed by atoms with E-state index in [-0.39, 0.29) is 5.91 Å². The molecule has 1 aromatic rings. The summed E-state index contributed by atoms with van der Waals surface area (Å²) in [6.45, 7) is 5.18. The van der Waals surface area contributed by atoms with Gasteiger partial charge in [0.25, 0.3) is 0 Å². The average molecular weight is 224 g/mol. The molecule has 0 aliphatic rings. The number of nitrogens with zero attached hydrogens (tertiary/aromatic N) is 1. The van der Waals surface area contributed by atoms with Gasteiger partial charge in [-0.3, -0.25) is 4.79 Å². The Morgan fingerprint density at radius 2 is 2.25 bits per heavy atom. The van der Waals surface area contributed by atoms with Gasteiger partial charge in [-0.05, 0) is 31.5 Å². The van der Waals surface area contributed by atoms with Crippen LogP contribution in [0.25, 0.3) is 0 Å². The van der Waals surface area contributed by atoms with Crippen molar-refractivity contribution in [1.29, 1.82) is 0 Å². The van der Waals surface area contributed by atoms with E-state index in [2.05, 4.69) is 0 Å². The monoisotopic (exact) mass is 224 g/mol. The van der Waals surface area contributed by atoms with Crippen molar-refractivity contribution in [3.63, 3.8) is 0 Å². The number of likely N-dealkylation sites (N-methyl/N-ethyl adjacent to an activating group) is 1. The van der Waals surface area contributed by atoms with Crippen molar-refractivity contribution in [2.24, 2.45) is 11.7 Å². The van der Waals surface area contributed by atoms with E-state index < -0.39 is 0 Å². The fourth-order valence-corrected chi connectivity index (χ4v) is 1.51. The maximum Gasteiger partial charge on any atom is 0.229 e. The maximum absolute atomic E-state index is 11.8. The van der Waals surface area contributed by atoms with Crippen LogP contribution >= 0.6 is 0 Å². The highest BCUT2D eigenvalue weighted by Gasteiger charge is 2.13. The smallest absolute Gasteiger partial charge is 0.229 e. The molecule has 4 heteroatoms. The second-order valence-corrected chi connectivity index (χ2v) is 4.30. The molecule has 1 rings (SSSR count). The highest BCUT2D eigenvalue weighted by molar-refractivity contribution is 5.77. The zero-order chi connectivity index (χ0) is 12.1. The number of carbonyl (C=O) groups excluding carboxylic acids is 1. The fourth-order valence-electron chi connectivity index (χ4n) is 1.51. The SMILES string of the molecule is Cc1ccc(CC(=O)N(C)CC(C)CN)o1. The third-order valence-electron chi connectivity index (χ3n) is 2.54. The van der Waals surface area contributed by atoms with Gasteiger partial charge in [0.2, 0.25) is 5.91 Å². The third-order valence-corrected chi connectivity index (χ3v) is 2.54. The summed E-state index contributed by atoms with van der Waals surface area (Å²) in [5.74, 6) is 1.94. The number of carbonyl (C=O) groups is 1. The van der Waals surface area contributed by atoms with Crippen molar-refractivity contribution in [1.82, 2.24) is 4.90 Å². The van der Waals surface area contributed by atoms with E-state index in [4.69, 9.17) is 10.2 Å². The first-order chi connectivity index (χ1) is 7.52. The molecule has 16 heavy (non-hydrogen) atoms. The third kappa shape index (κ3) is 3.70. The van der Waals surface area contributed by atoms with Gasteiger partial charge in [0.1, 0.15) is 11.5 Å². The average Bonchev–Trinajstić information content (AvgIpc) is 2.63. The molecule has 1 aromatic heterocycles. The molecule has 2 N–H and O–H groups in total. The van der Waals surface area contributed by atoms with Gasteiger partial charge in [0.05, 0.1) is 6.42 Å². The zero-order valence-corrected chi connectivity index (χ0v) is 10.2. The maximum atomic E-state index is 11.8. The summed E-state index contributed by atoms with van der Waals surface area (Å²) in [4.78, 5) is 13.5. The van der Waals surface area contributed by atoms with E-state index in [0.29, 0.717) is 25.4 Å². The van der Waals surface area contributed by atoms with Crippen molar-refractivity contribution >= 4 is 5.91 Å². The Balaban J connectivity index is 2.45. The van der Waals surface area contributed by atoms with E-state index >= 15 is 0 Å². The number of aryl methyl sites for hydroxylation is 1. The zero-order valence-electron chi connectivity index (χ0n) is 10.2. The minimum absolute atomic E-state index is 0.0645. The van der Waals surface area contributed by atoms with E-state index in [1.807, 2.05) is 26.0 Å². The van der Waals surface area contributed by atoms with Crippen molar-refractivity contribution in [3.05, 3.63) is 23.7 Å². The first-order valence-electron chi connectivity index (χ1n) is 5.52. The predicted molar refractivity (Wildman–Crippen MR) is 63.0 cm³/mol. The molecule has 1 unspecified atom stereocenters. The van der Waals surface area contributed by atoms with Crippen LogP contribution < -0.4 is 5.73 Å². The van der Waals surface area contributed by atoms with Crippen LogP contribution in [0, 0.1) is 12.8 Å². The second-order valence-electron chi connectivity index (χ2n) is 4.30. The number of hydrogen-bond donors (Lipinski definition) is 1. The minimum atomic E-state index is 0.0645.